The molecule has 2 aromatic rings. The molecular formula is C15H18N4O2. The second-order valence-corrected chi connectivity index (χ2v) is 5.32. The van der Waals surface area contributed by atoms with Crippen LogP contribution in [0.5, 0.6) is 0 Å². The van der Waals surface area contributed by atoms with E-state index in [-0.39, 0.29) is 5.91 Å². The summed E-state index contributed by atoms with van der Waals surface area (Å²) in [5, 5.41) is 10.8. The van der Waals surface area contributed by atoms with Crippen LogP contribution in [0.15, 0.2) is 30.5 Å². The molecule has 1 aliphatic rings. The third-order valence-corrected chi connectivity index (χ3v) is 3.60. The van der Waals surface area contributed by atoms with E-state index in [0.717, 1.165) is 25.3 Å². The minimum atomic E-state index is -0.194. The van der Waals surface area contributed by atoms with Crippen LogP contribution in [0.4, 0.5) is 0 Å². The average molecular weight is 286 g/mol. The molecule has 1 amide bonds. The number of ether oxygens (including phenoxy) is 1. The van der Waals surface area contributed by atoms with E-state index in [9.17, 15) is 4.79 Å². The number of carbonyl (C=O) groups is 1. The highest BCUT2D eigenvalue weighted by Crippen LogP contribution is 2.11. The first kappa shape index (κ1) is 13.8. The first-order valence-electron chi connectivity index (χ1n) is 7.08. The maximum absolute atomic E-state index is 12.0. The Hall–Kier alpha value is -2.21. The molecule has 0 aliphatic carbocycles. The van der Waals surface area contributed by atoms with Crippen molar-refractivity contribution in [2.24, 2.45) is 5.92 Å². The fraction of sp³-hybridized carbons (Fsp3) is 0.400. The number of nitrogens with one attached hydrogen (secondary N) is 1. The molecule has 1 N–H and O–H groups in total. The number of amides is 1. The van der Waals surface area contributed by atoms with Gasteiger partial charge in [0, 0.05) is 19.1 Å². The van der Waals surface area contributed by atoms with Crippen molar-refractivity contribution in [3.63, 3.8) is 0 Å². The lowest BCUT2D eigenvalue weighted by molar-refractivity contribution is 0.0940. The lowest BCUT2D eigenvalue weighted by Gasteiger charge is -2.07. The molecule has 21 heavy (non-hydrogen) atoms. The van der Waals surface area contributed by atoms with Crippen molar-refractivity contribution in [2.45, 2.75) is 13.3 Å². The van der Waals surface area contributed by atoms with Gasteiger partial charge >= 0.3 is 0 Å². The highest BCUT2D eigenvalue weighted by molar-refractivity contribution is 5.91. The van der Waals surface area contributed by atoms with Gasteiger partial charge in [-0.25, -0.2) is 4.68 Å². The molecule has 1 aromatic heterocycles. The van der Waals surface area contributed by atoms with Gasteiger partial charge in [0.2, 0.25) is 0 Å². The van der Waals surface area contributed by atoms with Crippen molar-refractivity contribution >= 4 is 5.91 Å². The Morgan fingerprint density at radius 1 is 1.43 bits per heavy atom. The van der Waals surface area contributed by atoms with Gasteiger partial charge in [-0.05, 0) is 25.5 Å². The van der Waals surface area contributed by atoms with Crippen molar-refractivity contribution in [3.8, 4) is 5.69 Å². The number of nitrogens with zero attached hydrogens (tertiary/aromatic N) is 3. The highest BCUT2D eigenvalue weighted by Gasteiger charge is 2.18. The quantitative estimate of drug-likeness (QED) is 0.921. The molecule has 6 heteroatoms. The predicted octanol–water partition coefficient (Wildman–Crippen LogP) is 1.34. The Balaban J connectivity index is 1.63. The number of carbonyl (C=O) groups excluding carboxylic acids is 1. The van der Waals surface area contributed by atoms with Crippen LogP contribution in [-0.4, -0.2) is 40.7 Å². The Morgan fingerprint density at radius 3 is 2.95 bits per heavy atom. The van der Waals surface area contributed by atoms with Crippen molar-refractivity contribution in [3.05, 3.63) is 41.7 Å². The van der Waals surface area contributed by atoms with Gasteiger partial charge in [-0.1, -0.05) is 22.9 Å². The first-order valence-corrected chi connectivity index (χ1v) is 7.08. The molecule has 0 bridgehead atoms. The minimum absolute atomic E-state index is 0.194. The minimum Gasteiger partial charge on any atom is -0.381 e. The second-order valence-electron chi connectivity index (χ2n) is 5.32. The van der Waals surface area contributed by atoms with Crippen LogP contribution < -0.4 is 5.32 Å². The summed E-state index contributed by atoms with van der Waals surface area (Å²) in [5.41, 5.74) is 2.39. The van der Waals surface area contributed by atoms with Crippen molar-refractivity contribution in [1.29, 1.82) is 0 Å². The summed E-state index contributed by atoms with van der Waals surface area (Å²) >= 11 is 0. The monoisotopic (exact) mass is 286 g/mol. The van der Waals surface area contributed by atoms with E-state index >= 15 is 0 Å². The highest BCUT2D eigenvalue weighted by atomic mass is 16.5. The molecular weight excluding hydrogens is 268 g/mol. The summed E-state index contributed by atoms with van der Waals surface area (Å²) in [5.74, 6) is 0.210. The molecule has 0 radical (unpaired) electrons. The summed E-state index contributed by atoms with van der Waals surface area (Å²) in [6.45, 7) is 4.15. The van der Waals surface area contributed by atoms with E-state index < -0.39 is 0 Å². The Morgan fingerprint density at radius 2 is 2.24 bits per heavy atom. The maximum atomic E-state index is 12.0. The molecule has 1 atom stereocenters. The average Bonchev–Trinajstić information content (AvgIpc) is 3.17. The molecule has 3 rings (SSSR count). The summed E-state index contributed by atoms with van der Waals surface area (Å²) in [6, 6.07) is 7.89. The smallest absolute Gasteiger partial charge is 0.273 e. The van der Waals surface area contributed by atoms with E-state index in [1.165, 1.54) is 5.56 Å². The van der Waals surface area contributed by atoms with E-state index in [4.69, 9.17) is 4.74 Å². The zero-order valence-electron chi connectivity index (χ0n) is 12.0. The third-order valence-electron chi connectivity index (χ3n) is 3.60. The Kier molecular flexibility index (Phi) is 3.96. The zero-order chi connectivity index (χ0) is 14.7. The number of aromatic nitrogens is 3. The van der Waals surface area contributed by atoms with Crippen LogP contribution in [0.3, 0.4) is 0 Å². The van der Waals surface area contributed by atoms with Crippen LogP contribution in [0.25, 0.3) is 5.69 Å². The first-order chi connectivity index (χ1) is 10.2. The lowest BCUT2D eigenvalue weighted by Crippen LogP contribution is -2.29. The molecule has 0 unspecified atom stereocenters. The largest absolute Gasteiger partial charge is 0.381 e. The van der Waals surface area contributed by atoms with Gasteiger partial charge in [0.1, 0.15) is 0 Å². The number of hydrogen-bond donors (Lipinski definition) is 1. The maximum Gasteiger partial charge on any atom is 0.273 e. The van der Waals surface area contributed by atoms with Gasteiger partial charge in [0.25, 0.3) is 5.91 Å². The molecule has 1 aliphatic heterocycles. The molecule has 1 aromatic carbocycles. The molecule has 110 valence electrons. The van der Waals surface area contributed by atoms with Crippen LogP contribution in [-0.2, 0) is 4.74 Å². The number of hydrogen-bond acceptors (Lipinski definition) is 4. The fourth-order valence-corrected chi connectivity index (χ4v) is 2.26. The van der Waals surface area contributed by atoms with E-state index in [1.54, 1.807) is 10.9 Å². The van der Waals surface area contributed by atoms with Crippen LogP contribution >= 0.6 is 0 Å². The van der Waals surface area contributed by atoms with Gasteiger partial charge in [-0.2, -0.15) is 0 Å². The molecule has 2 heterocycles. The fourth-order valence-electron chi connectivity index (χ4n) is 2.26. The summed E-state index contributed by atoms with van der Waals surface area (Å²) < 4.78 is 6.89. The normalized spacial score (nSPS) is 17.9. The van der Waals surface area contributed by atoms with Crippen LogP contribution in [0.1, 0.15) is 22.5 Å². The van der Waals surface area contributed by atoms with Crippen LogP contribution in [0.2, 0.25) is 0 Å². The number of aryl methyl sites for hydroxylation is 1. The zero-order valence-corrected chi connectivity index (χ0v) is 12.0. The number of benzene rings is 1. The lowest BCUT2D eigenvalue weighted by atomic mass is 10.1. The molecule has 1 fully saturated rings. The van der Waals surface area contributed by atoms with Gasteiger partial charge in [0.15, 0.2) is 5.69 Å². The number of rotatable bonds is 4. The van der Waals surface area contributed by atoms with E-state index in [0.29, 0.717) is 18.2 Å². The van der Waals surface area contributed by atoms with Crippen LogP contribution in [0, 0.1) is 12.8 Å². The van der Waals surface area contributed by atoms with Crippen molar-refractivity contribution in [2.75, 3.05) is 19.8 Å². The third kappa shape index (κ3) is 3.28. The molecule has 0 spiro atoms. The van der Waals surface area contributed by atoms with Gasteiger partial charge in [-0.3, -0.25) is 4.79 Å². The van der Waals surface area contributed by atoms with Crippen molar-refractivity contribution < 1.29 is 9.53 Å². The molecule has 0 saturated carbocycles. The van der Waals surface area contributed by atoms with E-state index in [2.05, 4.69) is 15.6 Å². The second kappa shape index (κ2) is 6.05. The van der Waals surface area contributed by atoms with Gasteiger partial charge in [0.05, 0.1) is 18.5 Å². The predicted molar refractivity (Wildman–Crippen MR) is 77.4 cm³/mol. The summed E-state index contributed by atoms with van der Waals surface area (Å²) in [6.07, 6.45) is 2.64. The SMILES string of the molecule is Cc1ccc(-n2cc(C(=O)NC[C@H]3CCOC3)nn2)cc1. The van der Waals surface area contributed by atoms with Gasteiger partial charge in [-0.15, -0.1) is 5.10 Å². The standard InChI is InChI=1S/C15H18N4O2/c1-11-2-4-13(5-3-11)19-9-14(17-18-19)15(20)16-8-12-6-7-21-10-12/h2-5,9,12H,6-8,10H2,1H3,(H,16,20)/t12-/m1/s1. The van der Waals surface area contributed by atoms with Gasteiger partial charge < -0.3 is 10.1 Å². The topological polar surface area (TPSA) is 69.0 Å². The molecule has 6 nitrogen and oxygen atoms in total. The Labute approximate surface area is 123 Å². The summed E-state index contributed by atoms with van der Waals surface area (Å²) in [4.78, 5) is 12.0. The van der Waals surface area contributed by atoms with E-state index in [1.807, 2.05) is 31.2 Å². The Bertz CT molecular complexity index is 615. The van der Waals surface area contributed by atoms with Crippen molar-refractivity contribution in [1.82, 2.24) is 20.3 Å². The molecule has 1 saturated heterocycles. The summed E-state index contributed by atoms with van der Waals surface area (Å²) in [7, 11) is 0.